The fourth-order valence-corrected chi connectivity index (χ4v) is 2.76. The highest BCUT2D eigenvalue weighted by molar-refractivity contribution is 7.71. The second kappa shape index (κ2) is 9.32. The molecule has 0 saturated heterocycles. The van der Waals surface area contributed by atoms with Crippen molar-refractivity contribution >= 4 is 18.4 Å². The molecule has 0 aliphatic heterocycles. The molecule has 146 valence electrons. The summed E-state index contributed by atoms with van der Waals surface area (Å²) in [4.78, 5) is 0. The quantitative estimate of drug-likeness (QED) is 0.433. The fraction of sp³-hybridized carbons (Fsp3) is 0.286. The average molecular weight is 397 g/mol. The Morgan fingerprint density at radius 3 is 2.79 bits per heavy atom. The summed E-state index contributed by atoms with van der Waals surface area (Å²) in [5.41, 5.74) is 1.73. The Bertz CT molecular complexity index is 1010. The Morgan fingerprint density at radius 1 is 1.18 bits per heavy atom. The van der Waals surface area contributed by atoms with Gasteiger partial charge in [-0.2, -0.15) is 14.9 Å². The number of aromatic nitrogens is 3. The van der Waals surface area contributed by atoms with Crippen molar-refractivity contribution in [1.82, 2.24) is 14.9 Å². The third-order valence-electron chi connectivity index (χ3n) is 3.84. The van der Waals surface area contributed by atoms with Gasteiger partial charge in [0.25, 0.3) is 0 Å². The van der Waals surface area contributed by atoms with Crippen molar-refractivity contribution in [3.63, 3.8) is 0 Å². The van der Waals surface area contributed by atoms with Crippen LogP contribution in [0.3, 0.4) is 0 Å². The molecule has 28 heavy (non-hydrogen) atoms. The molecule has 2 aromatic carbocycles. The summed E-state index contributed by atoms with van der Waals surface area (Å²) in [5, 5.41) is 11.7. The van der Waals surface area contributed by atoms with E-state index in [4.69, 9.17) is 21.7 Å². The van der Waals surface area contributed by atoms with Crippen molar-refractivity contribution in [2.45, 2.75) is 20.8 Å². The average Bonchev–Trinajstić information content (AvgIpc) is 3.06. The lowest BCUT2D eigenvalue weighted by molar-refractivity contribution is 0.271. The molecular formula is C21H24N4O2S. The molecule has 7 heteroatoms. The number of H-pyrrole nitrogens is 1. The lowest BCUT2D eigenvalue weighted by atomic mass is 10.2. The van der Waals surface area contributed by atoms with Gasteiger partial charge in [0.2, 0.25) is 4.77 Å². The molecule has 1 N–H and O–H groups in total. The van der Waals surface area contributed by atoms with Gasteiger partial charge in [-0.05, 0) is 54.9 Å². The molecule has 0 amide bonds. The zero-order chi connectivity index (χ0) is 19.9. The van der Waals surface area contributed by atoms with Crippen molar-refractivity contribution < 1.29 is 9.47 Å². The first-order valence-corrected chi connectivity index (χ1v) is 9.66. The van der Waals surface area contributed by atoms with E-state index in [1.165, 1.54) is 0 Å². The normalized spacial score (nSPS) is 11.3. The van der Waals surface area contributed by atoms with Crippen LogP contribution in [0.25, 0.3) is 11.4 Å². The zero-order valence-electron chi connectivity index (χ0n) is 16.3. The number of rotatable bonds is 8. The van der Waals surface area contributed by atoms with E-state index in [1.807, 2.05) is 55.5 Å². The fourth-order valence-electron chi connectivity index (χ4n) is 2.58. The van der Waals surface area contributed by atoms with Crippen molar-refractivity contribution in [3.05, 3.63) is 58.9 Å². The zero-order valence-corrected chi connectivity index (χ0v) is 17.1. The standard InChI is InChI=1S/C21H24N4O2S/c1-4-26-19-11-6-5-10-18(19)20-23-24-21(28)25(20)22-13-16-8-7-9-17(12-16)27-14-15(2)3/h5-13,15H,4,14H2,1-3H3,(H,24,28)/b22-13-. The van der Waals surface area contributed by atoms with Crippen LogP contribution in [0.15, 0.2) is 53.6 Å². The minimum atomic E-state index is 0.407. The van der Waals surface area contributed by atoms with Crippen molar-refractivity contribution in [3.8, 4) is 22.9 Å². The number of nitrogens with zero attached hydrogens (tertiary/aromatic N) is 3. The second-order valence-corrected chi connectivity index (χ2v) is 7.00. The molecule has 6 nitrogen and oxygen atoms in total. The summed E-state index contributed by atoms with van der Waals surface area (Å²) in [5.74, 6) is 2.61. The van der Waals surface area contributed by atoms with Gasteiger partial charge in [0, 0.05) is 0 Å². The summed E-state index contributed by atoms with van der Waals surface area (Å²) >= 11 is 5.36. The van der Waals surface area contributed by atoms with E-state index in [-0.39, 0.29) is 0 Å². The predicted molar refractivity (Wildman–Crippen MR) is 114 cm³/mol. The highest BCUT2D eigenvalue weighted by atomic mass is 32.1. The largest absolute Gasteiger partial charge is 0.493 e. The molecule has 0 saturated carbocycles. The summed E-state index contributed by atoms with van der Waals surface area (Å²) in [6.45, 7) is 7.42. The summed E-state index contributed by atoms with van der Waals surface area (Å²) in [6.07, 6.45) is 1.74. The van der Waals surface area contributed by atoms with Gasteiger partial charge in [-0.3, -0.25) is 0 Å². The molecule has 3 rings (SSSR count). The van der Waals surface area contributed by atoms with Gasteiger partial charge in [-0.1, -0.05) is 38.1 Å². The molecule has 3 aromatic rings. The number of hydrogen-bond acceptors (Lipinski definition) is 5. The topological polar surface area (TPSA) is 64.4 Å². The van der Waals surface area contributed by atoms with Gasteiger partial charge in [0.15, 0.2) is 5.82 Å². The predicted octanol–water partition coefficient (Wildman–Crippen LogP) is 4.92. The molecule has 1 aromatic heterocycles. The van der Waals surface area contributed by atoms with Crippen molar-refractivity contribution in [1.29, 1.82) is 0 Å². The van der Waals surface area contributed by atoms with Crippen LogP contribution < -0.4 is 9.47 Å². The van der Waals surface area contributed by atoms with Crippen LogP contribution in [0.1, 0.15) is 26.3 Å². The van der Waals surface area contributed by atoms with E-state index >= 15 is 0 Å². The molecule has 0 aliphatic carbocycles. The van der Waals surface area contributed by atoms with Crippen LogP contribution in [0, 0.1) is 10.7 Å². The Morgan fingerprint density at radius 2 is 2.00 bits per heavy atom. The van der Waals surface area contributed by atoms with Crippen molar-refractivity contribution in [2.24, 2.45) is 11.0 Å². The number of para-hydroxylation sites is 1. The van der Waals surface area contributed by atoms with Crippen LogP contribution in [-0.4, -0.2) is 34.3 Å². The van der Waals surface area contributed by atoms with Crippen LogP contribution in [-0.2, 0) is 0 Å². The number of ether oxygens (including phenoxy) is 2. The maximum Gasteiger partial charge on any atom is 0.216 e. The first-order valence-electron chi connectivity index (χ1n) is 9.25. The van der Waals surface area contributed by atoms with Gasteiger partial charge in [0.05, 0.1) is 25.0 Å². The monoisotopic (exact) mass is 396 g/mol. The third-order valence-corrected chi connectivity index (χ3v) is 4.11. The van der Waals surface area contributed by atoms with E-state index in [0.717, 1.165) is 22.6 Å². The van der Waals surface area contributed by atoms with Crippen LogP contribution >= 0.6 is 12.2 Å². The van der Waals surface area contributed by atoms with Gasteiger partial charge >= 0.3 is 0 Å². The Kier molecular flexibility index (Phi) is 6.60. The SMILES string of the molecule is CCOc1ccccc1-c1n[nH]c(=S)n1/N=C\c1cccc(OCC(C)C)c1. The minimum Gasteiger partial charge on any atom is -0.493 e. The molecular weight excluding hydrogens is 372 g/mol. The summed E-state index contributed by atoms with van der Waals surface area (Å²) in [6, 6.07) is 15.5. The van der Waals surface area contributed by atoms with Crippen LogP contribution in [0.5, 0.6) is 11.5 Å². The summed E-state index contributed by atoms with van der Waals surface area (Å²) < 4.78 is 13.5. The van der Waals surface area contributed by atoms with Crippen molar-refractivity contribution in [2.75, 3.05) is 13.2 Å². The first-order chi connectivity index (χ1) is 13.6. The maximum atomic E-state index is 5.78. The Balaban J connectivity index is 1.89. The molecule has 0 fully saturated rings. The summed E-state index contributed by atoms with van der Waals surface area (Å²) in [7, 11) is 0. The van der Waals surface area contributed by atoms with E-state index in [1.54, 1.807) is 10.9 Å². The highest BCUT2D eigenvalue weighted by Gasteiger charge is 2.13. The van der Waals surface area contributed by atoms with Crippen LogP contribution in [0.2, 0.25) is 0 Å². The lowest BCUT2D eigenvalue weighted by Crippen LogP contribution is -2.04. The number of aromatic amines is 1. The molecule has 0 aliphatic rings. The molecule has 0 radical (unpaired) electrons. The smallest absolute Gasteiger partial charge is 0.216 e. The molecule has 1 heterocycles. The Hall–Kier alpha value is -2.93. The van der Waals surface area contributed by atoms with E-state index in [2.05, 4.69) is 29.1 Å². The van der Waals surface area contributed by atoms with Gasteiger partial charge in [-0.25, -0.2) is 5.10 Å². The van der Waals surface area contributed by atoms with Crippen LogP contribution in [0.4, 0.5) is 0 Å². The molecule has 0 atom stereocenters. The van der Waals surface area contributed by atoms with Gasteiger partial charge in [-0.15, -0.1) is 0 Å². The second-order valence-electron chi connectivity index (χ2n) is 6.62. The minimum absolute atomic E-state index is 0.407. The molecule has 0 spiro atoms. The number of benzene rings is 2. The number of nitrogens with one attached hydrogen (secondary N) is 1. The highest BCUT2D eigenvalue weighted by Crippen LogP contribution is 2.28. The lowest BCUT2D eigenvalue weighted by Gasteiger charge is -2.09. The van der Waals surface area contributed by atoms with E-state index in [0.29, 0.717) is 29.7 Å². The molecule has 0 bridgehead atoms. The van der Waals surface area contributed by atoms with E-state index < -0.39 is 0 Å². The third kappa shape index (κ3) is 4.86. The Labute approximate surface area is 169 Å². The van der Waals surface area contributed by atoms with E-state index in [9.17, 15) is 0 Å². The van der Waals surface area contributed by atoms with Gasteiger partial charge in [0.1, 0.15) is 11.5 Å². The molecule has 0 unspecified atom stereocenters. The maximum absolute atomic E-state index is 5.78. The number of hydrogen-bond donors (Lipinski definition) is 1. The van der Waals surface area contributed by atoms with Gasteiger partial charge < -0.3 is 9.47 Å². The first kappa shape index (κ1) is 19.8.